The molecule has 1 aromatic rings. The van der Waals surface area contributed by atoms with Gasteiger partial charge in [-0.25, -0.2) is 8.42 Å². The lowest BCUT2D eigenvalue weighted by Crippen LogP contribution is -2.63. The van der Waals surface area contributed by atoms with Gasteiger partial charge in [0.15, 0.2) is 0 Å². The highest BCUT2D eigenvalue weighted by Gasteiger charge is 2.45. The maximum Gasteiger partial charge on any atom is 0.243 e. The van der Waals surface area contributed by atoms with E-state index in [1.54, 1.807) is 28.6 Å². The van der Waals surface area contributed by atoms with E-state index in [2.05, 4.69) is 4.90 Å². The second-order valence-electron chi connectivity index (χ2n) is 6.51. The van der Waals surface area contributed by atoms with Crippen LogP contribution in [0.3, 0.4) is 0 Å². The Balaban J connectivity index is 1.89. The van der Waals surface area contributed by atoms with Gasteiger partial charge in [0.05, 0.1) is 11.5 Å². The summed E-state index contributed by atoms with van der Waals surface area (Å²) in [6, 6.07) is 6.43. The predicted molar refractivity (Wildman–Crippen MR) is 90.0 cm³/mol. The minimum Gasteiger partial charge on any atom is -0.395 e. The van der Waals surface area contributed by atoms with Crippen LogP contribution in [0.1, 0.15) is 26.2 Å². The van der Waals surface area contributed by atoms with Gasteiger partial charge in [-0.15, -0.1) is 0 Å². The van der Waals surface area contributed by atoms with E-state index in [0.29, 0.717) is 23.0 Å². The number of hydrogen-bond acceptors (Lipinski definition) is 4. The molecular weight excluding hydrogens is 336 g/mol. The van der Waals surface area contributed by atoms with E-state index >= 15 is 0 Å². The first-order valence-corrected chi connectivity index (χ1v) is 9.89. The normalized spacial score (nSPS) is 27.8. The minimum absolute atomic E-state index is 0.0165. The highest BCUT2D eigenvalue weighted by atomic mass is 35.5. The zero-order valence-electron chi connectivity index (χ0n) is 13.2. The zero-order valence-corrected chi connectivity index (χ0v) is 14.8. The minimum atomic E-state index is -3.51. The number of aliphatic hydroxyl groups excluding tert-OH is 1. The van der Waals surface area contributed by atoms with E-state index < -0.39 is 10.0 Å². The van der Waals surface area contributed by atoms with Gasteiger partial charge in [-0.3, -0.25) is 4.90 Å². The molecular formula is C16H23ClN2O3S. The molecule has 2 unspecified atom stereocenters. The molecule has 0 radical (unpaired) electrons. The fraction of sp³-hybridized carbons (Fsp3) is 0.625. The van der Waals surface area contributed by atoms with Crippen LogP contribution in [0.25, 0.3) is 0 Å². The fourth-order valence-corrected chi connectivity index (χ4v) is 5.68. The molecule has 0 amide bonds. The molecule has 7 heteroatoms. The summed E-state index contributed by atoms with van der Waals surface area (Å²) in [5.41, 5.74) is 0. The van der Waals surface area contributed by atoms with Gasteiger partial charge in [0, 0.05) is 36.2 Å². The van der Waals surface area contributed by atoms with Gasteiger partial charge in [0.2, 0.25) is 10.0 Å². The molecule has 1 aromatic carbocycles. The van der Waals surface area contributed by atoms with Crippen molar-refractivity contribution < 1.29 is 13.5 Å². The maximum absolute atomic E-state index is 13.1. The van der Waals surface area contributed by atoms with Crippen LogP contribution in [0.4, 0.5) is 0 Å². The van der Waals surface area contributed by atoms with E-state index in [9.17, 15) is 13.5 Å². The number of likely N-dealkylation sites (tertiary alicyclic amines) is 1. The second-order valence-corrected chi connectivity index (χ2v) is 8.79. The lowest BCUT2D eigenvalue weighted by Gasteiger charge is -2.50. The summed E-state index contributed by atoms with van der Waals surface area (Å²) >= 11 is 5.87. The third-order valence-corrected chi connectivity index (χ3v) is 7.23. The van der Waals surface area contributed by atoms with Crippen LogP contribution in [0.5, 0.6) is 0 Å². The molecule has 2 heterocycles. The monoisotopic (exact) mass is 358 g/mol. The van der Waals surface area contributed by atoms with Crippen LogP contribution < -0.4 is 0 Å². The van der Waals surface area contributed by atoms with Crippen LogP contribution in [0.2, 0.25) is 5.02 Å². The summed E-state index contributed by atoms with van der Waals surface area (Å²) in [6.07, 6.45) is 2.80. The fourth-order valence-electron chi connectivity index (χ4n) is 3.70. The summed E-state index contributed by atoms with van der Waals surface area (Å²) in [7, 11) is -3.51. The van der Waals surface area contributed by atoms with E-state index in [1.165, 1.54) is 0 Å². The maximum atomic E-state index is 13.1. The first-order chi connectivity index (χ1) is 10.9. The van der Waals surface area contributed by atoms with Crippen molar-refractivity contribution in [1.82, 2.24) is 9.21 Å². The van der Waals surface area contributed by atoms with Crippen molar-refractivity contribution in [2.75, 3.05) is 19.7 Å². The van der Waals surface area contributed by atoms with Crippen molar-refractivity contribution in [3.05, 3.63) is 29.3 Å². The Labute approximate surface area is 142 Å². The average molecular weight is 359 g/mol. The van der Waals surface area contributed by atoms with Gasteiger partial charge in [0.25, 0.3) is 0 Å². The molecule has 2 aliphatic rings. The highest BCUT2D eigenvalue weighted by Crippen LogP contribution is 2.34. The smallest absolute Gasteiger partial charge is 0.243 e. The number of benzene rings is 1. The topological polar surface area (TPSA) is 60.9 Å². The zero-order chi connectivity index (χ0) is 16.6. The first-order valence-electron chi connectivity index (χ1n) is 8.07. The van der Waals surface area contributed by atoms with Crippen molar-refractivity contribution in [3.8, 4) is 0 Å². The Morgan fingerprint density at radius 2 is 1.78 bits per heavy atom. The molecule has 23 heavy (non-hydrogen) atoms. The highest BCUT2D eigenvalue weighted by molar-refractivity contribution is 7.89. The van der Waals surface area contributed by atoms with Crippen LogP contribution in [-0.2, 0) is 10.0 Å². The van der Waals surface area contributed by atoms with E-state index in [-0.39, 0.29) is 24.7 Å². The standard InChI is InChI=1S/C16H23ClN2O3S/c1-12(11-20)18-9-14-3-2-4-15(10-18)19(14)23(21,22)16-7-5-13(17)6-8-16/h5-8,12,14-15,20H,2-4,9-11H2,1H3/t12-,14?,15?/m0/s1. The number of aliphatic hydroxyl groups is 1. The Morgan fingerprint density at radius 3 is 2.30 bits per heavy atom. The van der Waals surface area contributed by atoms with E-state index in [0.717, 1.165) is 19.3 Å². The molecule has 0 spiro atoms. The molecule has 0 aromatic heterocycles. The molecule has 2 aliphatic heterocycles. The third kappa shape index (κ3) is 3.28. The van der Waals surface area contributed by atoms with Crippen molar-refractivity contribution in [2.45, 2.75) is 49.2 Å². The van der Waals surface area contributed by atoms with Crippen molar-refractivity contribution in [2.24, 2.45) is 0 Å². The average Bonchev–Trinajstić information content (AvgIpc) is 2.53. The molecule has 3 rings (SSSR count). The molecule has 0 saturated carbocycles. The van der Waals surface area contributed by atoms with E-state index in [4.69, 9.17) is 11.6 Å². The molecule has 2 fully saturated rings. The van der Waals surface area contributed by atoms with Gasteiger partial charge < -0.3 is 5.11 Å². The summed E-state index contributed by atoms with van der Waals surface area (Å²) in [6.45, 7) is 3.46. The molecule has 128 valence electrons. The lowest BCUT2D eigenvalue weighted by molar-refractivity contribution is 0.0151. The second kappa shape index (κ2) is 6.69. The Kier molecular flexibility index (Phi) is 4.99. The van der Waals surface area contributed by atoms with Crippen LogP contribution in [0, 0.1) is 0 Å². The number of nitrogens with zero attached hydrogens (tertiary/aromatic N) is 2. The molecule has 1 N–H and O–H groups in total. The number of piperazine rings is 1. The van der Waals surface area contributed by atoms with Gasteiger partial charge in [-0.05, 0) is 44.0 Å². The number of sulfonamides is 1. The SMILES string of the molecule is C[C@@H](CO)N1CC2CCCC(C1)N2S(=O)(=O)c1ccc(Cl)cc1. The number of fused-ring (bicyclic) bond motifs is 2. The molecule has 5 nitrogen and oxygen atoms in total. The Hall–Kier alpha value is -0.660. The van der Waals surface area contributed by atoms with Crippen molar-refractivity contribution in [3.63, 3.8) is 0 Å². The van der Waals surface area contributed by atoms with E-state index in [1.807, 2.05) is 6.92 Å². The summed E-state index contributed by atoms with van der Waals surface area (Å²) < 4.78 is 27.9. The number of halogens is 1. The van der Waals surface area contributed by atoms with Crippen LogP contribution in [0.15, 0.2) is 29.2 Å². The molecule has 2 saturated heterocycles. The first kappa shape index (κ1) is 17.2. The number of hydrogen-bond donors (Lipinski definition) is 1. The largest absolute Gasteiger partial charge is 0.395 e. The molecule has 0 aliphatic carbocycles. The van der Waals surface area contributed by atoms with Gasteiger partial charge in [-0.1, -0.05) is 18.0 Å². The van der Waals surface area contributed by atoms with Crippen molar-refractivity contribution >= 4 is 21.6 Å². The van der Waals surface area contributed by atoms with Crippen molar-refractivity contribution in [1.29, 1.82) is 0 Å². The van der Waals surface area contributed by atoms with Crippen LogP contribution in [-0.4, -0.2) is 60.6 Å². The Morgan fingerprint density at radius 1 is 1.22 bits per heavy atom. The number of piperidine rings is 1. The molecule has 2 bridgehead atoms. The lowest BCUT2D eigenvalue weighted by atomic mass is 9.93. The summed E-state index contributed by atoms with van der Waals surface area (Å²) in [4.78, 5) is 2.52. The van der Waals surface area contributed by atoms with Gasteiger partial charge in [0.1, 0.15) is 0 Å². The van der Waals surface area contributed by atoms with Gasteiger partial charge in [-0.2, -0.15) is 4.31 Å². The number of rotatable bonds is 4. The summed E-state index contributed by atoms with van der Waals surface area (Å²) in [5, 5.41) is 9.93. The third-order valence-electron chi connectivity index (χ3n) is 4.96. The summed E-state index contributed by atoms with van der Waals surface area (Å²) in [5.74, 6) is 0. The quantitative estimate of drug-likeness (QED) is 0.893. The molecule has 3 atom stereocenters. The van der Waals surface area contributed by atoms with Crippen LogP contribution >= 0.6 is 11.6 Å². The Bertz CT molecular complexity index is 636. The van der Waals surface area contributed by atoms with Gasteiger partial charge >= 0.3 is 0 Å². The predicted octanol–water partition coefficient (Wildman–Crippen LogP) is 1.95.